The van der Waals surface area contributed by atoms with Gasteiger partial charge in [0, 0.05) is 39.9 Å². The molecule has 13 nitrogen and oxygen atoms in total. The van der Waals surface area contributed by atoms with Crippen LogP contribution in [0.1, 0.15) is 145 Å². The number of amides is 5. The third-order valence-electron chi connectivity index (χ3n) is 12.2. The number of carbonyl (C=O) groups excluding carboxylic acids is 7. The normalized spacial score (nSPS) is 25.8. The summed E-state index contributed by atoms with van der Waals surface area (Å²) in [5.41, 5.74) is 0.788. The lowest BCUT2D eigenvalue weighted by atomic mass is 9.86. The molecule has 0 spiro atoms. The minimum atomic E-state index is -1.21. The van der Waals surface area contributed by atoms with Crippen LogP contribution in [0.4, 0.5) is 0 Å². The van der Waals surface area contributed by atoms with Gasteiger partial charge in [-0.15, -0.1) is 0 Å². The van der Waals surface area contributed by atoms with Crippen molar-refractivity contribution in [2.75, 3.05) is 21.1 Å². The number of nitrogens with one attached hydrogen (secondary N) is 2. The minimum Gasteiger partial charge on any atom is -0.453 e. The molecule has 0 bridgehead atoms. The van der Waals surface area contributed by atoms with E-state index in [0.29, 0.717) is 19.3 Å². The lowest BCUT2D eigenvalue weighted by molar-refractivity contribution is -0.162. The van der Waals surface area contributed by atoms with Crippen molar-refractivity contribution in [2.45, 2.75) is 182 Å². The summed E-state index contributed by atoms with van der Waals surface area (Å²) in [4.78, 5) is 104. The first kappa shape index (κ1) is 52.8. The molecule has 0 unspecified atom stereocenters. The van der Waals surface area contributed by atoms with Crippen LogP contribution in [0.3, 0.4) is 0 Å². The highest BCUT2D eigenvalue weighted by Gasteiger charge is 2.40. The van der Waals surface area contributed by atoms with Crippen molar-refractivity contribution in [3.8, 4) is 0 Å². The number of ether oxygens (including phenoxy) is 1. The van der Waals surface area contributed by atoms with Crippen LogP contribution in [0.5, 0.6) is 0 Å². The van der Waals surface area contributed by atoms with E-state index in [9.17, 15) is 33.6 Å². The zero-order chi connectivity index (χ0) is 46.0. The van der Waals surface area contributed by atoms with Crippen molar-refractivity contribution in [2.24, 2.45) is 23.7 Å². The molecule has 1 saturated heterocycles. The standard InChI is InChI=1S/C48H79N5O8/c1-13-16-22-32(6)27-37-30-42(54)35(9)61-48(60)34(8)51(10)47(59)39(28-33(7)23-17-14-2)50-44(56)41(29-36-24-19-18-20-25-36)53(12)46(58)38(21-15-3)49-43(55)40(26-31(4)5)52(11)45(37)57/h18-20,24-25,31-35,37-41H,13-17,21-23,26-30H2,1-12H3,(H,49,55)(H,50,56)/t32-,33-,34+,35-,37-,38+,39+,40+,41+/m1/s1. The molecule has 2 N–H and O–H groups in total. The van der Waals surface area contributed by atoms with Crippen LogP contribution >= 0.6 is 0 Å². The highest BCUT2D eigenvalue weighted by molar-refractivity contribution is 5.97. The van der Waals surface area contributed by atoms with E-state index in [1.54, 1.807) is 7.05 Å². The van der Waals surface area contributed by atoms with Gasteiger partial charge in [-0.3, -0.25) is 28.8 Å². The molecule has 0 saturated carbocycles. The smallest absolute Gasteiger partial charge is 0.329 e. The first-order valence-corrected chi connectivity index (χ1v) is 22.9. The number of ketones is 1. The number of rotatable bonds is 16. The van der Waals surface area contributed by atoms with Gasteiger partial charge in [0.2, 0.25) is 29.5 Å². The number of nitrogens with zero attached hydrogens (tertiary/aromatic N) is 3. The topological polar surface area (TPSA) is 162 Å². The first-order chi connectivity index (χ1) is 28.8. The van der Waals surface area contributed by atoms with Gasteiger partial charge in [-0.05, 0) is 62.8 Å². The van der Waals surface area contributed by atoms with E-state index >= 15 is 0 Å². The number of esters is 1. The minimum absolute atomic E-state index is 0.00844. The zero-order valence-electron chi connectivity index (χ0n) is 39.5. The number of hydrogen-bond acceptors (Lipinski definition) is 8. The van der Waals surface area contributed by atoms with Crippen molar-refractivity contribution < 1.29 is 38.3 Å². The average molecular weight is 854 g/mol. The van der Waals surface area contributed by atoms with Crippen LogP contribution < -0.4 is 10.6 Å². The molecule has 61 heavy (non-hydrogen) atoms. The fourth-order valence-corrected chi connectivity index (χ4v) is 8.12. The Morgan fingerprint density at radius 1 is 0.656 bits per heavy atom. The van der Waals surface area contributed by atoms with Crippen molar-refractivity contribution in [1.82, 2.24) is 25.3 Å². The van der Waals surface area contributed by atoms with Crippen molar-refractivity contribution in [3.05, 3.63) is 35.9 Å². The van der Waals surface area contributed by atoms with E-state index in [0.717, 1.165) is 44.1 Å². The van der Waals surface area contributed by atoms with Crippen LogP contribution in [0.15, 0.2) is 30.3 Å². The van der Waals surface area contributed by atoms with Crippen LogP contribution in [0.25, 0.3) is 0 Å². The van der Waals surface area contributed by atoms with Gasteiger partial charge in [0.15, 0.2) is 11.9 Å². The van der Waals surface area contributed by atoms with Crippen molar-refractivity contribution in [3.63, 3.8) is 0 Å². The first-order valence-electron chi connectivity index (χ1n) is 22.9. The third-order valence-corrected chi connectivity index (χ3v) is 12.2. The Hall–Kier alpha value is -4.29. The molecular weight excluding hydrogens is 775 g/mol. The van der Waals surface area contributed by atoms with Gasteiger partial charge >= 0.3 is 5.97 Å². The predicted molar refractivity (Wildman–Crippen MR) is 239 cm³/mol. The van der Waals surface area contributed by atoms with Gasteiger partial charge in [-0.2, -0.15) is 0 Å². The maximum atomic E-state index is 14.6. The molecule has 9 atom stereocenters. The summed E-state index contributed by atoms with van der Waals surface area (Å²) in [6.45, 7) is 17.0. The molecule has 0 aliphatic carbocycles. The number of likely N-dealkylation sites (N-methyl/N-ethyl adjacent to an activating group) is 3. The largest absolute Gasteiger partial charge is 0.453 e. The fourth-order valence-electron chi connectivity index (χ4n) is 8.12. The Morgan fingerprint density at radius 2 is 1.18 bits per heavy atom. The molecule has 1 fully saturated rings. The van der Waals surface area contributed by atoms with Gasteiger partial charge in [0.1, 0.15) is 30.2 Å². The summed E-state index contributed by atoms with van der Waals surface area (Å²) in [6.07, 6.45) is 5.98. The predicted octanol–water partition coefficient (Wildman–Crippen LogP) is 6.50. The highest BCUT2D eigenvalue weighted by Crippen LogP contribution is 2.26. The summed E-state index contributed by atoms with van der Waals surface area (Å²) >= 11 is 0. The Labute approximate surface area is 366 Å². The zero-order valence-corrected chi connectivity index (χ0v) is 39.5. The van der Waals surface area contributed by atoms with Crippen molar-refractivity contribution in [1.29, 1.82) is 0 Å². The van der Waals surface area contributed by atoms with Gasteiger partial charge in [0.25, 0.3) is 0 Å². The van der Waals surface area contributed by atoms with Gasteiger partial charge in [-0.1, -0.05) is 124 Å². The molecule has 1 aliphatic heterocycles. The Morgan fingerprint density at radius 3 is 1.74 bits per heavy atom. The van der Waals surface area contributed by atoms with Gasteiger partial charge in [0.05, 0.1) is 0 Å². The summed E-state index contributed by atoms with van der Waals surface area (Å²) in [6, 6.07) is 4.05. The monoisotopic (exact) mass is 854 g/mol. The number of cyclic esters (lactones) is 1. The molecule has 1 aromatic rings. The van der Waals surface area contributed by atoms with Crippen LogP contribution in [-0.2, 0) is 44.7 Å². The van der Waals surface area contributed by atoms with Crippen molar-refractivity contribution >= 4 is 41.3 Å². The van der Waals surface area contributed by atoms with Gasteiger partial charge in [-0.25, -0.2) is 4.79 Å². The maximum absolute atomic E-state index is 14.6. The molecule has 5 amide bonds. The van der Waals surface area contributed by atoms with E-state index in [2.05, 4.69) is 24.5 Å². The van der Waals surface area contributed by atoms with Crippen LogP contribution in [-0.4, -0.2) is 113 Å². The summed E-state index contributed by atoms with van der Waals surface area (Å²) < 4.78 is 5.70. The summed E-state index contributed by atoms with van der Waals surface area (Å²) in [5, 5.41) is 5.94. The third kappa shape index (κ3) is 16.5. The lowest BCUT2D eigenvalue weighted by Crippen LogP contribution is -2.60. The Balaban J connectivity index is 2.80. The number of hydrogen-bond donors (Lipinski definition) is 2. The molecule has 1 aliphatic rings. The summed E-state index contributed by atoms with van der Waals surface area (Å²) in [5.74, 6) is -4.36. The van der Waals surface area contributed by atoms with E-state index in [1.807, 2.05) is 65.0 Å². The van der Waals surface area contributed by atoms with Crippen LogP contribution in [0.2, 0.25) is 0 Å². The fraction of sp³-hybridized carbons (Fsp3) is 0.729. The Bertz CT molecular complexity index is 1590. The van der Waals surface area contributed by atoms with E-state index in [4.69, 9.17) is 4.74 Å². The molecule has 13 heteroatoms. The maximum Gasteiger partial charge on any atom is 0.329 e. The van der Waals surface area contributed by atoms with E-state index in [-0.39, 0.29) is 49.3 Å². The van der Waals surface area contributed by atoms with E-state index in [1.165, 1.54) is 42.6 Å². The Kier molecular flexibility index (Phi) is 22.7. The second-order valence-electron chi connectivity index (χ2n) is 18.2. The molecule has 0 radical (unpaired) electrons. The number of carbonyl (C=O) groups is 7. The van der Waals surface area contributed by atoms with E-state index < -0.39 is 77.6 Å². The van der Waals surface area contributed by atoms with Crippen LogP contribution in [0, 0.1) is 23.7 Å². The highest BCUT2D eigenvalue weighted by atomic mass is 16.5. The SMILES string of the molecule is CCCC[C@@H](C)C[C@@H]1CC(=O)[C@@H](C)OC(=O)[C@H](C)N(C)C(=O)[C@H](C[C@H](C)CCCC)NC(=O)[C@H](Cc2ccccc2)N(C)C(=O)[C@H](CCC)NC(=O)[C@H](CC(C)C)N(C)C1=O. The molecule has 1 heterocycles. The molecule has 2 rings (SSSR count). The number of Topliss-reactive ketones (excluding diaryl/α,β-unsaturated/α-hetero) is 1. The summed E-state index contributed by atoms with van der Waals surface area (Å²) in [7, 11) is 4.57. The molecular formula is C48H79N5O8. The average Bonchev–Trinajstić information content (AvgIpc) is 3.23. The molecule has 1 aromatic carbocycles. The lowest BCUT2D eigenvalue weighted by Gasteiger charge is -2.35. The quantitative estimate of drug-likeness (QED) is 0.178. The second-order valence-corrected chi connectivity index (χ2v) is 18.2. The number of benzene rings is 1. The molecule has 0 aromatic heterocycles. The number of unbranched alkanes of at least 4 members (excludes halogenated alkanes) is 2. The second kappa shape index (κ2) is 26.2. The molecule has 344 valence electrons. The van der Waals surface area contributed by atoms with Gasteiger partial charge < -0.3 is 30.1 Å².